The van der Waals surface area contributed by atoms with Crippen LogP contribution >= 0.6 is 0 Å². The van der Waals surface area contributed by atoms with Gasteiger partial charge in [0.2, 0.25) is 0 Å². The van der Waals surface area contributed by atoms with Crippen LogP contribution in [-0.4, -0.2) is 61.2 Å². The summed E-state index contributed by atoms with van der Waals surface area (Å²) in [4.78, 5) is 2.31. The van der Waals surface area contributed by atoms with E-state index in [4.69, 9.17) is 9.47 Å². The van der Waals surface area contributed by atoms with E-state index in [1.54, 1.807) is 0 Å². The molecule has 7 unspecified atom stereocenters. The van der Waals surface area contributed by atoms with Gasteiger partial charge in [0.05, 0.1) is 24.9 Å². The molecule has 3 rings (SSSR count). The van der Waals surface area contributed by atoms with Gasteiger partial charge < -0.3 is 14.6 Å². The number of hydrogen-bond acceptors (Lipinski definition) is 4. The topological polar surface area (TPSA) is 41.9 Å². The maximum atomic E-state index is 10.5. The Morgan fingerprint density at radius 2 is 1.70 bits per heavy atom. The van der Waals surface area contributed by atoms with Crippen molar-refractivity contribution < 1.29 is 14.6 Å². The Labute approximate surface area is 186 Å². The smallest absolute Gasteiger partial charge is 0.0900 e. The molecule has 0 aromatic heterocycles. The van der Waals surface area contributed by atoms with Gasteiger partial charge in [0, 0.05) is 26.2 Å². The summed E-state index contributed by atoms with van der Waals surface area (Å²) in [7, 11) is 0. The number of nitrogens with zero attached hydrogens (tertiary/aromatic N) is 1. The fourth-order valence-corrected chi connectivity index (χ4v) is 7.60. The van der Waals surface area contributed by atoms with Gasteiger partial charge in [0.1, 0.15) is 0 Å². The maximum absolute atomic E-state index is 10.5. The van der Waals surface area contributed by atoms with Crippen molar-refractivity contribution in [3.8, 4) is 0 Å². The van der Waals surface area contributed by atoms with Crippen LogP contribution in [0.15, 0.2) is 0 Å². The normalized spacial score (nSPS) is 41.1. The fraction of sp³-hybridized carbons (Fsp3) is 1.00. The van der Waals surface area contributed by atoms with Crippen molar-refractivity contribution in [2.75, 3.05) is 32.8 Å². The fourth-order valence-electron chi connectivity index (χ4n) is 7.60. The molecule has 0 spiro atoms. The van der Waals surface area contributed by atoms with Crippen LogP contribution in [0.1, 0.15) is 86.5 Å². The number of fused-ring (bicyclic) bond motifs is 1. The highest BCUT2D eigenvalue weighted by atomic mass is 16.5. The van der Waals surface area contributed by atoms with Gasteiger partial charge in [-0.25, -0.2) is 0 Å². The summed E-state index contributed by atoms with van der Waals surface area (Å²) in [6, 6.07) is 0. The second-order valence-corrected chi connectivity index (χ2v) is 11.9. The standard InChI is InChI=1S/C26H49NO3/c1-19-9-10-24-25(4,5)12-7-8-13-26(24,6)23(19)11-14-29-18-22(28)17-27-15-20(2)30-21(3)16-27/h19-24,28H,7-18H2,1-6H3. The Balaban J connectivity index is 1.48. The Morgan fingerprint density at radius 3 is 2.40 bits per heavy atom. The predicted molar refractivity (Wildman–Crippen MR) is 124 cm³/mol. The third kappa shape index (κ3) is 5.79. The van der Waals surface area contributed by atoms with E-state index in [1.807, 2.05) is 0 Å². The van der Waals surface area contributed by atoms with Gasteiger partial charge in [-0.2, -0.15) is 0 Å². The van der Waals surface area contributed by atoms with Crippen molar-refractivity contribution >= 4 is 0 Å². The van der Waals surface area contributed by atoms with Crippen molar-refractivity contribution in [2.24, 2.45) is 28.6 Å². The minimum atomic E-state index is -0.411. The van der Waals surface area contributed by atoms with Gasteiger partial charge in [-0.05, 0) is 68.1 Å². The molecule has 1 saturated heterocycles. The van der Waals surface area contributed by atoms with E-state index in [-0.39, 0.29) is 12.2 Å². The average molecular weight is 424 g/mol. The van der Waals surface area contributed by atoms with E-state index in [0.29, 0.717) is 24.0 Å². The molecule has 1 aliphatic heterocycles. The monoisotopic (exact) mass is 423 g/mol. The third-order valence-electron chi connectivity index (χ3n) is 8.82. The van der Waals surface area contributed by atoms with Crippen molar-refractivity contribution in [3.05, 3.63) is 0 Å². The number of aliphatic hydroxyl groups is 1. The summed E-state index contributed by atoms with van der Waals surface area (Å²) in [5, 5.41) is 10.5. The Bertz CT molecular complexity index is 528. The van der Waals surface area contributed by atoms with Crippen LogP contribution in [0.4, 0.5) is 0 Å². The summed E-state index contributed by atoms with van der Waals surface area (Å²) in [5.74, 6) is 2.36. The maximum Gasteiger partial charge on any atom is 0.0900 e. The van der Waals surface area contributed by atoms with E-state index < -0.39 is 6.10 Å². The van der Waals surface area contributed by atoms with Gasteiger partial charge in [0.25, 0.3) is 0 Å². The van der Waals surface area contributed by atoms with Crippen LogP contribution in [0, 0.1) is 28.6 Å². The minimum Gasteiger partial charge on any atom is -0.389 e. The largest absolute Gasteiger partial charge is 0.389 e. The highest BCUT2D eigenvalue weighted by Gasteiger charge is 2.52. The molecular weight excluding hydrogens is 374 g/mol. The minimum absolute atomic E-state index is 0.243. The molecule has 0 radical (unpaired) electrons. The van der Waals surface area contributed by atoms with Gasteiger partial charge in [-0.1, -0.05) is 47.0 Å². The lowest BCUT2D eigenvalue weighted by atomic mass is 9.50. The molecule has 3 aliphatic rings. The number of aliphatic hydroxyl groups excluding tert-OH is 1. The lowest BCUT2D eigenvalue weighted by Crippen LogP contribution is -2.48. The molecule has 1 heterocycles. The summed E-state index contributed by atoms with van der Waals surface area (Å²) in [5.41, 5.74) is 0.910. The summed E-state index contributed by atoms with van der Waals surface area (Å²) < 4.78 is 11.8. The molecule has 2 saturated carbocycles. The molecule has 0 aromatic carbocycles. The molecule has 3 fully saturated rings. The van der Waals surface area contributed by atoms with E-state index in [9.17, 15) is 5.11 Å². The first-order valence-electron chi connectivity index (χ1n) is 12.8. The summed E-state index contributed by atoms with van der Waals surface area (Å²) in [6.07, 6.45) is 9.52. The zero-order valence-electron chi connectivity index (χ0n) is 20.7. The van der Waals surface area contributed by atoms with E-state index in [0.717, 1.165) is 43.9 Å². The molecule has 1 N–H and O–H groups in total. The first-order chi connectivity index (χ1) is 14.1. The van der Waals surface area contributed by atoms with Crippen molar-refractivity contribution in [1.82, 2.24) is 4.90 Å². The number of β-amino-alcohol motifs (C(OH)–C–C–N with tert-alkyl or cyclic N) is 1. The van der Waals surface area contributed by atoms with Crippen LogP contribution in [0.3, 0.4) is 0 Å². The molecule has 0 amide bonds. The van der Waals surface area contributed by atoms with Crippen LogP contribution in [0.5, 0.6) is 0 Å². The number of ether oxygens (including phenoxy) is 2. The molecule has 0 bridgehead atoms. The molecule has 7 atom stereocenters. The Morgan fingerprint density at radius 1 is 1.03 bits per heavy atom. The van der Waals surface area contributed by atoms with Crippen LogP contribution < -0.4 is 0 Å². The van der Waals surface area contributed by atoms with E-state index >= 15 is 0 Å². The highest BCUT2D eigenvalue weighted by molar-refractivity contribution is 5.01. The second kappa shape index (κ2) is 10.2. The van der Waals surface area contributed by atoms with Gasteiger partial charge in [0.15, 0.2) is 0 Å². The van der Waals surface area contributed by atoms with Crippen LogP contribution in [0.25, 0.3) is 0 Å². The first kappa shape index (κ1) is 24.5. The number of rotatable bonds is 7. The molecule has 0 aromatic rings. The van der Waals surface area contributed by atoms with Crippen LogP contribution in [0.2, 0.25) is 0 Å². The predicted octanol–water partition coefficient (Wildman–Crippen LogP) is 5.13. The van der Waals surface area contributed by atoms with Gasteiger partial charge in [-0.3, -0.25) is 4.90 Å². The average Bonchev–Trinajstić information content (AvgIpc) is 2.75. The summed E-state index contributed by atoms with van der Waals surface area (Å²) in [6.45, 7) is 18.1. The number of morpholine rings is 1. The molecule has 176 valence electrons. The second-order valence-electron chi connectivity index (χ2n) is 11.9. The van der Waals surface area contributed by atoms with Crippen molar-refractivity contribution in [1.29, 1.82) is 0 Å². The van der Waals surface area contributed by atoms with Gasteiger partial charge in [-0.15, -0.1) is 0 Å². The zero-order chi connectivity index (χ0) is 21.9. The van der Waals surface area contributed by atoms with Crippen LogP contribution in [-0.2, 0) is 9.47 Å². The van der Waals surface area contributed by atoms with Gasteiger partial charge >= 0.3 is 0 Å². The lowest BCUT2D eigenvalue weighted by molar-refractivity contribution is -0.0862. The molecular formula is C26H49NO3. The Kier molecular flexibility index (Phi) is 8.31. The van der Waals surface area contributed by atoms with E-state index in [2.05, 4.69) is 46.4 Å². The summed E-state index contributed by atoms with van der Waals surface area (Å²) >= 11 is 0. The molecule has 2 aliphatic carbocycles. The molecule has 30 heavy (non-hydrogen) atoms. The lowest BCUT2D eigenvalue weighted by Gasteiger charge is -2.55. The van der Waals surface area contributed by atoms with Crippen molar-refractivity contribution in [3.63, 3.8) is 0 Å². The number of hydrogen-bond donors (Lipinski definition) is 1. The SMILES string of the molecule is CC1CN(CC(O)COCCC2C(C)CCC3C(C)(C)CCCCC23C)CC(C)O1. The molecule has 4 heteroatoms. The zero-order valence-corrected chi connectivity index (χ0v) is 20.7. The molecule has 4 nitrogen and oxygen atoms in total. The first-order valence-corrected chi connectivity index (χ1v) is 12.8. The quantitative estimate of drug-likeness (QED) is 0.576. The Hall–Kier alpha value is -0.160. The van der Waals surface area contributed by atoms with Crippen molar-refractivity contribution in [2.45, 2.75) is 105 Å². The van der Waals surface area contributed by atoms with E-state index in [1.165, 1.54) is 38.5 Å². The third-order valence-corrected chi connectivity index (χ3v) is 8.82. The highest BCUT2D eigenvalue weighted by Crippen LogP contribution is 2.60.